The topological polar surface area (TPSA) is 57.7 Å². The van der Waals surface area contributed by atoms with Crippen LogP contribution in [0.4, 0.5) is 0 Å². The molecule has 0 bridgehead atoms. The Morgan fingerprint density at radius 2 is 1.83 bits per heavy atom. The molecule has 0 fully saturated rings. The van der Waals surface area contributed by atoms with Crippen LogP contribution in [0.5, 0.6) is 11.5 Å². The fourth-order valence-corrected chi connectivity index (χ4v) is 3.06. The van der Waals surface area contributed by atoms with Gasteiger partial charge >= 0.3 is 5.97 Å². The van der Waals surface area contributed by atoms with E-state index in [1.807, 2.05) is 36.4 Å². The molecule has 0 aliphatic heterocycles. The Morgan fingerprint density at radius 3 is 2.62 bits per heavy atom. The van der Waals surface area contributed by atoms with Crippen molar-refractivity contribution in [2.45, 2.75) is 13.0 Å². The Bertz CT molecular complexity index is 798. The van der Waals surface area contributed by atoms with Crippen molar-refractivity contribution in [3.63, 3.8) is 0 Å². The average Bonchev–Trinajstić information content (AvgIpc) is 3.03. The lowest BCUT2D eigenvalue weighted by molar-refractivity contribution is -0.145. The number of rotatable bonds is 7. The number of esters is 1. The van der Waals surface area contributed by atoms with Crippen molar-refractivity contribution in [1.82, 2.24) is 4.98 Å². The maximum absolute atomic E-state index is 11.8. The first-order valence-electron chi connectivity index (χ1n) is 7.52. The summed E-state index contributed by atoms with van der Waals surface area (Å²) in [5.41, 5.74) is 0.924. The molecule has 0 aliphatic carbocycles. The van der Waals surface area contributed by atoms with Gasteiger partial charge < -0.3 is 14.2 Å². The zero-order valence-corrected chi connectivity index (χ0v) is 14.0. The predicted octanol–water partition coefficient (Wildman–Crippen LogP) is 3.82. The number of nitrogens with zero attached hydrogens (tertiary/aromatic N) is 1. The molecule has 1 aromatic heterocycles. The molecule has 3 aromatic rings. The molecule has 0 unspecified atom stereocenters. The lowest BCUT2D eigenvalue weighted by Gasteiger charge is -2.09. The number of aromatic nitrogens is 1. The molecule has 0 atom stereocenters. The number of carbonyl (C=O) groups excluding carboxylic acids is 1. The number of fused-ring (bicyclic) bond motifs is 1. The molecule has 124 valence electrons. The molecule has 6 heteroatoms. The number of hydrogen-bond donors (Lipinski definition) is 0. The summed E-state index contributed by atoms with van der Waals surface area (Å²) in [5.74, 6) is 0.934. The molecule has 0 saturated carbocycles. The second kappa shape index (κ2) is 7.79. The first kappa shape index (κ1) is 16.3. The Hall–Kier alpha value is -2.60. The maximum Gasteiger partial charge on any atom is 0.309 e. The highest BCUT2D eigenvalue weighted by molar-refractivity contribution is 7.18. The van der Waals surface area contributed by atoms with Gasteiger partial charge in [0.1, 0.15) is 11.6 Å². The lowest BCUT2D eigenvalue weighted by atomic mass is 10.3. The number of thiazole rings is 1. The third-order valence-electron chi connectivity index (χ3n) is 3.33. The molecule has 0 spiro atoms. The summed E-state index contributed by atoms with van der Waals surface area (Å²) in [6.07, 6.45) is 0.170. The van der Waals surface area contributed by atoms with Crippen LogP contribution in [0.2, 0.25) is 0 Å². The van der Waals surface area contributed by atoms with E-state index in [-0.39, 0.29) is 25.6 Å². The number of ether oxygens (including phenoxy) is 3. The SMILES string of the molecule is COc1ccccc1OCCC(=O)OCc1nc2ccccc2s1. The second-order valence-corrected chi connectivity index (χ2v) is 6.10. The zero-order chi connectivity index (χ0) is 16.8. The van der Waals surface area contributed by atoms with E-state index in [0.717, 1.165) is 15.2 Å². The molecule has 0 amide bonds. The zero-order valence-electron chi connectivity index (χ0n) is 13.2. The average molecular weight is 343 g/mol. The van der Waals surface area contributed by atoms with Gasteiger partial charge in [-0.3, -0.25) is 4.79 Å². The van der Waals surface area contributed by atoms with Crippen molar-refractivity contribution in [3.8, 4) is 11.5 Å². The number of benzene rings is 2. The van der Waals surface area contributed by atoms with E-state index in [0.29, 0.717) is 11.5 Å². The van der Waals surface area contributed by atoms with Crippen molar-refractivity contribution in [2.75, 3.05) is 13.7 Å². The fraction of sp³-hybridized carbons (Fsp3) is 0.222. The molecule has 24 heavy (non-hydrogen) atoms. The van der Waals surface area contributed by atoms with Gasteiger partial charge in [-0.2, -0.15) is 0 Å². The van der Waals surface area contributed by atoms with Gasteiger partial charge in [-0.15, -0.1) is 11.3 Å². The highest BCUT2D eigenvalue weighted by Gasteiger charge is 2.09. The molecule has 3 rings (SSSR count). The summed E-state index contributed by atoms with van der Waals surface area (Å²) < 4.78 is 17.1. The van der Waals surface area contributed by atoms with Crippen LogP contribution in [-0.4, -0.2) is 24.7 Å². The molecule has 0 radical (unpaired) electrons. The Balaban J connectivity index is 1.46. The fourth-order valence-electron chi connectivity index (χ4n) is 2.18. The van der Waals surface area contributed by atoms with Crippen molar-refractivity contribution >= 4 is 27.5 Å². The Kier molecular flexibility index (Phi) is 5.28. The standard InChI is InChI=1S/C18H17NO4S/c1-21-14-7-3-4-8-15(14)22-11-10-18(20)23-12-17-19-13-6-2-5-9-16(13)24-17/h2-9H,10-12H2,1H3. The third kappa shape index (κ3) is 4.02. The van der Waals surface area contributed by atoms with Crippen molar-refractivity contribution in [3.05, 3.63) is 53.5 Å². The van der Waals surface area contributed by atoms with Crippen LogP contribution < -0.4 is 9.47 Å². The Labute approximate surface area is 143 Å². The van der Waals surface area contributed by atoms with Crippen LogP contribution in [-0.2, 0) is 16.1 Å². The van der Waals surface area contributed by atoms with E-state index in [2.05, 4.69) is 4.98 Å². The molecular weight excluding hydrogens is 326 g/mol. The van der Waals surface area contributed by atoms with E-state index in [4.69, 9.17) is 14.2 Å². The minimum atomic E-state index is -0.316. The van der Waals surface area contributed by atoms with Gasteiger partial charge in [0.15, 0.2) is 11.5 Å². The van der Waals surface area contributed by atoms with Crippen molar-refractivity contribution in [1.29, 1.82) is 0 Å². The highest BCUT2D eigenvalue weighted by Crippen LogP contribution is 2.26. The van der Waals surface area contributed by atoms with E-state index < -0.39 is 0 Å². The molecule has 1 heterocycles. The number of methoxy groups -OCH3 is 1. The number of para-hydroxylation sites is 3. The minimum absolute atomic E-state index is 0.170. The molecule has 5 nitrogen and oxygen atoms in total. The van der Waals surface area contributed by atoms with Crippen LogP contribution in [0.1, 0.15) is 11.4 Å². The summed E-state index contributed by atoms with van der Waals surface area (Å²) in [6.45, 7) is 0.423. The molecule has 2 aromatic carbocycles. The first-order chi connectivity index (χ1) is 11.8. The molecule has 0 N–H and O–H groups in total. The van der Waals surface area contributed by atoms with Gasteiger partial charge in [-0.1, -0.05) is 24.3 Å². The minimum Gasteiger partial charge on any atom is -0.493 e. The smallest absolute Gasteiger partial charge is 0.309 e. The van der Waals surface area contributed by atoms with Crippen molar-refractivity contribution < 1.29 is 19.0 Å². The lowest BCUT2D eigenvalue weighted by Crippen LogP contribution is -2.10. The third-order valence-corrected chi connectivity index (χ3v) is 4.34. The van der Waals surface area contributed by atoms with E-state index in [1.165, 1.54) is 11.3 Å². The van der Waals surface area contributed by atoms with Gasteiger partial charge in [0.25, 0.3) is 0 Å². The van der Waals surface area contributed by atoms with E-state index >= 15 is 0 Å². The molecule has 0 saturated heterocycles. The van der Waals surface area contributed by atoms with Crippen LogP contribution in [0.15, 0.2) is 48.5 Å². The summed E-state index contributed by atoms with van der Waals surface area (Å²) >= 11 is 1.53. The van der Waals surface area contributed by atoms with E-state index in [9.17, 15) is 4.79 Å². The van der Waals surface area contributed by atoms with Gasteiger partial charge in [-0.05, 0) is 24.3 Å². The number of carbonyl (C=O) groups is 1. The Morgan fingerprint density at radius 1 is 1.08 bits per heavy atom. The van der Waals surface area contributed by atoms with Crippen LogP contribution in [0.3, 0.4) is 0 Å². The summed E-state index contributed by atoms with van der Waals surface area (Å²) in [6, 6.07) is 15.2. The predicted molar refractivity (Wildman–Crippen MR) is 92.5 cm³/mol. The summed E-state index contributed by atoms with van der Waals surface area (Å²) in [7, 11) is 1.58. The van der Waals surface area contributed by atoms with Gasteiger partial charge in [0, 0.05) is 0 Å². The number of hydrogen-bond acceptors (Lipinski definition) is 6. The largest absolute Gasteiger partial charge is 0.493 e. The van der Waals surface area contributed by atoms with Gasteiger partial charge in [0.05, 0.1) is 30.4 Å². The normalized spacial score (nSPS) is 10.5. The van der Waals surface area contributed by atoms with Gasteiger partial charge in [-0.25, -0.2) is 4.98 Å². The molecular formula is C18H17NO4S. The second-order valence-electron chi connectivity index (χ2n) is 4.99. The van der Waals surface area contributed by atoms with Crippen LogP contribution in [0.25, 0.3) is 10.2 Å². The van der Waals surface area contributed by atoms with Gasteiger partial charge in [0.2, 0.25) is 0 Å². The quantitative estimate of drug-likeness (QED) is 0.611. The summed E-state index contributed by atoms with van der Waals surface area (Å²) in [4.78, 5) is 16.2. The summed E-state index contributed by atoms with van der Waals surface area (Å²) in [5, 5.41) is 0.787. The molecule has 0 aliphatic rings. The first-order valence-corrected chi connectivity index (χ1v) is 8.34. The maximum atomic E-state index is 11.8. The van der Waals surface area contributed by atoms with Crippen LogP contribution >= 0.6 is 11.3 Å². The highest BCUT2D eigenvalue weighted by atomic mass is 32.1. The van der Waals surface area contributed by atoms with Crippen molar-refractivity contribution in [2.24, 2.45) is 0 Å². The monoisotopic (exact) mass is 343 g/mol. The van der Waals surface area contributed by atoms with Crippen LogP contribution in [0, 0.1) is 0 Å². The van der Waals surface area contributed by atoms with E-state index in [1.54, 1.807) is 19.2 Å².